The zero-order chi connectivity index (χ0) is 20.5. The van der Waals surface area contributed by atoms with Gasteiger partial charge in [-0.05, 0) is 38.8 Å². The van der Waals surface area contributed by atoms with Crippen molar-refractivity contribution >= 4 is 17.3 Å². The van der Waals surface area contributed by atoms with Gasteiger partial charge in [-0.1, -0.05) is 25.5 Å². The highest BCUT2D eigenvalue weighted by atomic mass is 16.3. The first-order valence-corrected chi connectivity index (χ1v) is 9.06. The molecule has 27 heavy (non-hydrogen) atoms. The van der Waals surface area contributed by atoms with Crippen LogP contribution >= 0.6 is 0 Å². The fourth-order valence-corrected chi connectivity index (χ4v) is 3.54. The number of aliphatic hydroxyl groups is 1. The number of benzene rings is 1. The standard InChI is InChI=1S/C21H26O6/c1-5-12(4)19(26)21(16(25)9-6-11(2)3)10-15(24)17-13(22)7-8-14(23)18(17)20(21)27/h6-8,12,16,22-23,25H,5,9-10H2,1-4H3/t12?,16-,21?/m1/s1. The van der Waals surface area contributed by atoms with Gasteiger partial charge in [-0.3, -0.25) is 14.4 Å². The van der Waals surface area contributed by atoms with Gasteiger partial charge in [0.2, 0.25) is 0 Å². The Labute approximate surface area is 158 Å². The van der Waals surface area contributed by atoms with Crippen LogP contribution in [0, 0.1) is 11.3 Å². The average molecular weight is 374 g/mol. The Balaban J connectivity index is 2.72. The average Bonchev–Trinajstić information content (AvgIpc) is 2.63. The summed E-state index contributed by atoms with van der Waals surface area (Å²) in [5, 5.41) is 31.1. The van der Waals surface area contributed by atoms with Crippen LogP contribution in [0.15, 0.2) is 23.8 Å². The number of allylic oxidation sites excluding steroid dienone is 1. The van der Waals surface area contributed by atoms with Crippen molar-refractivity contribution in [2.75, 3.05) is 0 Å². The summed E-state index contributed by atoms with van der Waals surface area (Å²) < 4.78 is 0. The Morgan fingerprint density at radius 1 is 1.19 bits per heavy atom. The summed E-state index contributed by atoms with van der Waals surface area (Å²) in [6.45, 7) is 7.07. The van der Waals surface area contributed by atoms with E-state index in [1.54, 1.807) is 19.9 Å². The minimum Gasteiger partial charge on any atom is -0.507 e. The fraction of sp³-hybridized carbons (Fsp3) is 0.476. The van der Waals surface area contributed by atoms with Crippen LogP contribution in [0.3, 0.4) is 0 Å². The third kappa shape index (κ3) is 3.41. The molecule has 0 aliphatic heterocycles. The molecule has 3 atom stereocenters. The van der Waals surface area contributed by atoms with E-state index in [1.807, 2.05) is 13.8 Å². The van der Waals surface area contributed by atoms with Crippen molar-refractivity contribution in [3.8, 4) is 11.5 Å². The summed E-state index contributed by atoms with van der Waals surface area (Å²) in [7, 11) is 0. The molecule has 0 radical (unpaired) electrons. The number of fused-ring (bicyclic) bond motifs is 1. The number of phenolic OH excluding ortho intramolecular Hbond substituents is 2. The molecule has 0 saturated heterocycles. The maximum Gasteiger partial charge on any atom is 0.184 e. The van der Waals surface area contributed by atoms with Crippen LogP contribution in [0.25, 0.3) is 0 Å². The number of aromatic hydroxyl groups is 2. The zero-order valence-electron chi connectivity index (χ0n) is 16.1. The maximum absolute atomic E-state index is 13.4. The molecule has 3 N–H and O–H groups in total. The Bertz CT molecular complexity index is 818. The fourth-order valence-electron chi connectivity index (χ4n) is 3.54. The normalized spacial score (nSPS) is 21.4. The molecule has 146 valence electrons. The summed E-state index contributed by atoms with van der Waals surface area (Å²) in [6.07, 6.45) is 0.220. The van der Waals surface area contributed by atoms with Crippen LogP contribution in [0.1, 0.15) is 67.7 Å². The summed E-state index contributed by atoms with van der Waals surface area (Å²) in [6, 6.07) is 2.23. The molecular weight excluding hydrogens is 348 g/mol. The van der Waals surface area contributed by atoms with Gasteiger partial charge in [0.05, 0.1) is 17.2 Å². The number of hydrogen-bond acceptors (Lipinski definition) is 6. The van der Waals surface area contributed by atoms with Crippen LogP contribution in [0.5, 0.6) is 11.5 Å². The van der Waals surface area contributed by atoms with Crippen LogP contribution in [-0.4, -0.2) is 38.8 Å². The second kappa shape index (κ2) is 7.64. The predicted molar refractivity (Wildman–Crippen MR) is 100.0 cm³/mol. The minimum atomic E-state index is -1.98. The number of rotatable bonds is 6. The molecule has 0 aromatic heterocycles. The molecule has 0 saturated carbocycles. The molecule has 6 nitrogen and oxygen atoms in total. The minimum absolute atomic E-state index is 0.0262. The number of Topliss-reactive ketones (excluding diaryl/α,β-unsaturated/α-hetero) is 3. The maximum atomic E-state index is 13.4. The van der Waals surface area contributed by atoms with E-state index in [9.17, 15) is 29.7 Å². The van der Waals surface area contributed by atoms with E-state index < -0.39 is 52.7 Å². The topological polar surface area (TPSA) is 112 Å². The van der Waals surface area contributed by atoms with Gasteiger partial charge >= 0.3 is 0 Å². The van der Waals surface area contributed by atoms with Gasteiger partial charge in [0.1, 0.15) is 16.9 Å². The highest BCUT2D eigenvalue weighted by molar-refractivity contribution is 6.26. The lowest BCUT2D eigenvalue weighted by Gasteiger charge is -2.39. The first kappa shape index (κ1) is 20.8. The van der Waals surface area contributed by atoms with Crippen molar-refractivity contribution in [3.05, 3.63) is 34.9 Å². The number of carbonyl (C=O) groups is 3. The lowest BCUT2D eigenvalue weighted by Crippen LogP contribution is -2.54. The van der Waals surface area contributed by atoms with E-state index in [4.69, 9.17) is 0 Å². The highest BCUT2D eigenvalue weighted by Gasteiger charge is 2.57. The largest absolute Gasteiger partial charge is 0.507 e. The lowest BCUT2D eigenvalue weighted by atomic mass is 9.61. The highest BCUT2D eigenvalue weighted by Crippen LogP contribution is 2.47. The Hall–Kier alpha value is -2.47. The van der Waals surface area contributed by atoms with Crippen molar-refractivity contribution in [1.29, 1.82) is 0 Å². The number of hydrogen-bond donors (Lipinski definition) is 3. The summed E-state index contributed by atoms with van der Waals surface area (Å²) in [5.74, 6) is -3.45. The van der Waals surface area contributed by atoms with E-state index in [0.717, 1.165) is 17.7 Å². The van der Waals surface area contributed by atoms with E-state index in [2.05, 4.69) is 0 Å². The van der Waals surface area contributed by atoms with Crippen LogP contribution < -0.4 is 0 Å². The molecule has 0 amide bonds. The van der Waals surface area contributed by atoms with Crippen molar-refractivity contribution in [3.63, 3.8) is 0 Å². The number of aliphatic hydroxyl groups excluding tert-OH is 1. The molecule has 0 fully saturated rings. The first-order valence-electron chi connectivity index (χ1n) is 9.06. The molecule has 1 aliphatic rings. The van der Waals surface area contributed by atoms with Gasteiger partial charge in [-0.25, -0.2) is 0 Å². The summed E-state index contributed by atoms with van der Waals surface area (Å²) >= 11 is 0. The van der Waals surface area contributed by atoms with E-state index in [-0.39, 0.29) is 17.5 Å². The van der Waals surface area contributed by atoms with Gasteiger partial charge in [-0.15, -0.1) is 0 Å². The predicted octanol–water partition coefficient (Wildman–Crippen LogP) is 3.19. The molecule has 1 aliphatic carbocycles. The van der Waals surface area contributed by atoms with Gasteiger partial charge < -0.3 is 15.3 Å². The van der Waals surface area contributed by atoms with Gasteiger partial charge in [0, 0.05) is 12.3 Å². The van der Waals surface area contributed by atoms with Crippen molar-refractivity contribution in [1.82, 2.24) is 0 Å². The summed E-state index contributed by atoms with van der Waals surface area (Å²) in [4.78, 5) is 39.4. The molecular formula is C21H26O6. The zero-order valence-corrected chi connectivity index (χ0v) is 16.1. The van der Waals surface area contributed by atoms with Gasteiger partial charge in [0.15, 0.2) is 17.3 Å². The van der Waals surface area contributed by atoms with E-state index in [0.29, 0.717) is 6.42 Å². The van der Waals surface area contributed by atoms with Gasteiger partial charge in [-0.2, -0.15) is 0 Å². The molecule has 6 heteroatoms. The second-order valence-electron chi connectivity index (χ2n) is 7.46. The van der Waals surface area contributed by atoms with Crippen LogP contribution in [0.2, 0.25) is 0 Å². The summed E-state index contributed by atoms with van der Waals surface area (Å²) in [5.41, 5.74) is -1.76. The van der Waals surface area contributed by atoms with Crippen molar-refractivity contribution < 1.29 is 29.7 Å². The quantitative estimate of drug-likeness (QED) is 0.400. The second-order valence-corrected chi connectivity index (χ2v) is 7.46. The third-order valence-electron chi connectivity index (χ3n) is 5.33. The molecule has 0 bridgehead atoms. The number of ketones is 3. The SMILES string of the molecule is CCC(C)C(=O)C1([C@H](O)CC=C(C)C)CC(=O)c2c(O)ccc(O)c2C1=O. The Morgan fingerprint density at radius 3 is 2.26 bits per heavy atom. The van der Waals surface area contributed by atoms with Gasteiger partial charge in [0.25, 0.3) is 0 Å². The molecule has 2 rings (SSSR count). The molecule has 1 aromatic rings. The van der Waals surface area contributed by atoms with E-state index >= 15 is 0 Å². The monoisotopic (exact) mass is 374 g/mol. The van der Waals surface area contributed by atoms with E-state index in [1.165, 1.54) is 0 Å². The molecule has 2 unspecified atom stereocenters. The molecule has 0 spiro atoms. The Morgan fingerprint density at radius 2 is 1.74 bits per heavy atom. The van der Waals surface area contributed by atoms with Crippen LogP contribution in [-0.2, 0) is 4.79 Å². The lowest BCUT2D eigenvalue weighted by molar-refractivity contribution is -0.135. The van der Waals surface area contributed by atoms with Crippen molar-refractivity contribution in [2.45, 2.75) is 53.1 Å². The van der Waals surface area contributed by atoms with Crippen molar-refractivity contribution in [2.24, 2.45) is 11.3 Å². The Kier molecular flexibility index (Phi) is 5.90. The first-order chi connectivity index (χ1) is 12.6. The molecule has 0 heterocycles. The smallest absolute Gasteiger partial charge is 0.184 e. The third-order valence-corrected chi connectivity index (χ3v) is 5.33. The molecule has 1 aromatic carbocycles. The number of phenols is 2. The van der Waals surface area contributed by atoms with Crippen LogP contribution in [0.4, 0.5) is 0 Å². The number of carbonyl (C=O) groups excluding carboxylic acids is 3.